The largest absolute Gasteiger partial charge is 0.383 e. The number of hydrogen-bond acceptors (Lipinski definition) is 4. The van der Waals surface area contributed by atoms with Crippen molar-refractivity contribution in [1.82, 2.24) is 9.97 Å². The van der Waals surface area contributed by atoms with Crippen LogP contribution >= 0.6 is 11.8 Å². The molecule has 1 aliphatic rings. The molecule has 4 heteroatoms. The smallest absolute Gasteiger partial charge is 0.134 e. The molecular weight excluding hydrogens is 242 g/mol. The maximum atomic E-state index is 6.00. The van der Waals surface area contributed by atoms with Gasteiger partial charge in [0.15, 0.2) is 0 Å². The summed E-state index contributed by atoms with van der Waals surface area (Å²) in [5.41, 5.74) is 7.05. The zero-order valence-electron chi connectivity index (χ0n) is 11.6. The summed E-state index contributed by atoms with van der Waals surface area (Å²) >= 11 is 1.91. The van der Waals surface area contributed by atoms with E-state index in [4.69, 9.17) is 10.7 Å². The lowest BCUT2D eigenvalue weighted by molar-refractivity contribution is 0.515. The maximum Gasteiger partial charge on any atom is 0.134 e. The number of nitrogens with zero attached hydrogens (tertiary/aromatic N) is 2. The molecule has 2 N–H and O–H groups in total. The first kappa shape index (κ1) is 13.7. The number of nitrogens with two attached hydrogens (primary N) is 1. The Morgan fingerprint density at radius 3 is 2.44 bits per heavy atom. The van der Waals surface area contributed by atoms with Crippen LogP contribution < -0.4 is 5.73 Å². The zero-order chi connectivity index (χ0) is 13.1. The molecule has 0 amide bonds. The minimum atomic E-state index is 0.332. The summed E-state index contributed by atoms with van der Waals surface area (Å²) in [6.45, 7) is 6.25. The molecule has 0 radical (unpaired) electrons. The van der Waals surface area contributed by atoms with Crippen LogP contribution in [0.3, 0.4) is 0 Å². The van der Waals surface area contributed by atoms with Gasteiger partial charge in [0.2, 0.25) is 0 Å². The summed E-state index contributed by atoms with van der Waals surface area (Å²) < 4.78 is 0. The van der Waals surface area contributed by atoms with E-state index in [-0.39, 0.29) is 0 Å². The Hall–Kier alpha value is -0.770. The third kappa shape index (κ3) is 3.16. The van der Waals surface area contributed by atoms with Crippen LogP contribution in [0.15, 0.2) is 5.03 Å². The molecule has 0 bridgehead atoms. The second kappa shape index (κ2) is 5.91. The Morgan fingerprint density at radius 1 is 1.17 bits per heavy atom. The average Bonchev–Trinajstić information content (AvgIpc) is 2.35. The van der Waals surface area contributed by atoms with E-state index in [9.17, 15) is 0 Å². The fourth-order valence-corrected chi connectivity index (χ4v) is 3.56. The van der Waals surface area contributed by atoms with Crippen LogP contribution in [0.4, 0.5) is 5.82 Å². The highest BCUT2D eigenvalue weighted by molar-refractivity contribution is 7.99. The van der Waals surface area contributed by atoms with E-state index < -0.39 is 0 Å². The van der Waals surface area contributed by atoms with Crippen molar-refractivity contribution >= 4 is 17.6 Å². The Morgan fingerprint density at radius 2 is 1.83 bits per heavy atom. The van der Waals surface area contributed by atoms with Crippen molar-refractivity contribution in [2.45, 2.75) is 69.1 Å². The van der Waals surface area contributed by atoms with Crippen molar-refractivity contribution in [1.29, 1.82) is 0 Å². The van der Waals surface area contributed by atoms with E-state index in [1.165, 1.54) is 32.1 Å². The number of hydrogen-bond donors (Lipinski definition) is 1. The lowest BCUT2D eigenvalue weighted by Gasteiger charge is -2.22. The number of rotatable bonds is 3. The van der Waals surface area contributed by atoms with Gasteiger partial charge in [0.1, 0.15) is 16.7 Å². The second-order valence-corrected chi connectivity index (χ2v) is 6.72. The molecule has 3 nitrogen and oxygen atoms in total. The van der Waals surface area contributed by atoms with Crippen LogP contribution in [0.25, 0.3) is 0 Å². The van der Waals surface area contributed by atoms with E-state index in [1.54, 1.807) is 0 Å². The van der Waals surface area contributed by atoms with Gasteiger partial charge < -0.3 is 5.73 Å². The van der Waals surface area contributed by atoms with Crippen molar-refractivity contribution in [3.8, 4) is 0 Å². The molecule has 1 fully saturated rings. The van der Waals surface area contributed by atoms with Crippen molar-refractivity contribution in [3.63, 3.8) is 0 Å². The molecule has 1 saturated carbocycles. The topological polar surface area (TPSA) is 51.8 Å². The van der Waals surface area contributed by atoms with Gasteiger partial charge in [-0.25, -0.2) is 9.97 Å². The third-order valence-corrected chi connectivity index (χ3v) is 4.93. The Balaban J connectivity index is 2.19. The molecule has 100 valence electrons. The summed E-state index contributed by atoms with van der Waals surface area (Å²) in [6, 6.07) is 0. The molecule has 2 rings (SSSR count). The molecular formula is C14H23N3S. The number of nitrogen functional groups attached to an aromatic ring is 1. The fraction of sp³-hybridized carbons (Fsp3) is 0.714. The lowest BCUT2D eigenvalue weighted by Crippen LogP contribution is -2.11. The van der Waals surface area contributed by atoms with E-state index in [2.05, 4.69) is 18.8 Å². The van der Waals surface area contributed by atoms with Gasteiger partial charge in [-0.3, -0.25) is 0 Å². The molecule has 18 heavy (non-hydrogen) atoms. The summed E-state index contributed by atoms with van der Waals surface area (Å²) in [4.78, 5) is 9.08. The molecule has 1 aliphatic carbocycles. The first-order valence-corrected chi connectivity index (χ1v) is 7.76. The van der Waals surface area contributed by atoms with Crippen LogP contribution in [0, 0.1) is 6.92 Å². The van der Waals surface area contributed by atoms with Crippen LogP contribution in [-0.4, -0.2) is 15.2 Å². The van der Waals surface area contributed by atoms with Gasteiger partial charge in [0, 0.05) is 16.7 Å². The van der Waals surface area contributed by atoms with Crippen LogP contribution in [-0.2, 0) is 0 Å². The standard InChI is InChI=1S/C14H23N3S/c1-9(2)13-16-12(15)10(3)14(17-13)18-11-7-5-4-6-8-11/h9,11H,4-8H2,1-3H3,(H2,15,16,17). The molecule has 0 saturated heterocycles. The summed E-state index contributed by atoms with van der Waals surface area (Å²) in [6.07, 6.45) is 6.72. The number of anilines is 1. The molecule has 0 atom stereocenters. The molecule has 1 aromatic heterocycles. The minimum absolute atomic E-state index is 0.332. The first-order chi connectivity index (χ1) is 8.58. The summed E-state index contributed by atoms with van der Waals surface area (Å²) in [5.74, 6) is 1.85. The van der Waals surface area contributed by atoms with Gasteiger partial charge in [0.25, 0.3) is 0 Å². The van der Waals surface area contributed by atoms with Crippen molar-refractivity contribution < 1.29 is 0 Å². The fourth-order valence-electron chi connectivity index (χ4n) is 2.24. The van der Waals surface area contributed by atoms with Crippen LogP contribution in [0.5, 0.6) is 0 Å². The van der Waals surface area contributed by atoms with Gasteiger partial charge in [-0.05, 0) is 19.8 Å². The van der Waals surface area contributed by atoms with Crippen molar-refractivity contribution in [2.75, 3.05) is 5.73 Å². The Labute approximate surface area is 114 Å². The van der Waals surface area contributed by atoms with Gasteiger partial charge in [-0.15, -0.1) is 11.8 Å². The highest BCUT2D eigenvalue weighted by atomic mass is 32.2. The quantitative estimate of drug-likeness (QED) is 0.842. The SMILES string of the molecule is Cc1c(N)nc(C(C)C)nc1SC1CCCCC1. The third-order valence-electron chi connectivity index (χ3n) is 3.50. The monoisotopic (exact) mass is 265 g/mol. The average molecular weight is 265 g/mol. The lowest BCUT2D eigenvalue weighted by atomic mass is 10.0. The van der Waals surface area contributed by atoms with Gasteiger partial charge >= 0.3 is 0 Å². The first-order valence-electron chi connectivity index (χ1n) is 6.88. The predicted octanol–water partition coefficient (Wildman–Crippen LogP) is 3.92. The molecule has 0 unspecified atom stereocenters. The van der Waals surface area contributed by atoms with Crippen molar-refractivity contribution in [2.24, 2.45) is 0 Å². The highest BCUT2D eigenvalue weighted by Gasteiger charge is 2.18. The number of thioether (sulfide) groups is 1. The number of aromatic nitrogens is 2. The van der Waals surface area contributed by atoms with Crippen molar-refractivity contribution in [3.05, 3.63) is 11.4 Å². The minimum Gasteiger partial charge on any atom is -0.383 e. The Bertz CT molecular complexity index is 412. The Kier molecular flexibility index (Phi) is 4.49. The predicted molar refractivity (Wildman–Crippen MR) is 78.0 cm³/mol. The maximum absolute atomic E-state index is 6.00. The molecule has 0 aliphatic heterocycles. The zero-order valence-corrected chi connectivity index (χ0v) is 12.4. The molecule has 0 aromatic carbocycles. The van der Waals surface area contributed by atoms with Crippen LogP contribution in [0.2, 0.25) is 0 Å². The normalized spacial score (nSPS) is 17.3. The van der Waals surface area contributed by atoms with E-state index in [1.807, 2.05) is 18.7 Å². The van der Waals surface area contributed by atoms with Gasteiger partial charge in [0.05, 0.1) is 0 Å². The van der Waals surface area contributed by atoms with E-state index in [0.717, 1.165) is 16.4 Å². The van der Waals surface area contributed by atoms with Crippen LogP contribution in [0.1, 0.15) is 63.3 Å². The molecule has 1 aromatic rings. The molecule has 1 heterocycles. The summed E-state index contributed by atoms with van der Waals surface area (Å²) in [7, 11) is 0. The van der Waals surface area contributed by atoms with E-state index in [0.29, 0.717) is 17.0 Å². The van der Waals surface area contributed by atoms with Gasteiger partial charge in [-0.2, -0.15) is 0 Å². The van der Waals surface area contributed by atoms with E-state index >= 15 is 0 Å². The summed E-state index contributed by atoms with van der Waals surface area (Å²) in [5, 5.41) is 1.81. The second-order valence-electron chi connectivity index (χ2n) is 5.43. The van der Waals surface area contributed by atoms with Gasteiger partial charge in [-0.1, -0.05) is 33.1 Å². The highest BCUT2D eigenvalue weighted by Crippen LogP contribution is 2.35. The molecule has 0 spiro atoms.